The van der Waals surface area contributed by atoms with Crippen LogP contribution in [0.15, 0.2) is 78.9 Å². The van der Waals surface area contributed by atoms with Crippen LogP contribution in [0.3, 0.4) is 0 Å². The van der Waals surface area contributed by atoms with Gasteiger partial charge in [0.15, 0.2) is 0 Å². The molecule has 0 atom stereocenters. The zero-order chi connectivity index (χ0) is 18.9. The van der Waals surface area contributed by atoms with Crippen molar-refractivity contribution in [3.63, 3.8) is 0 Å². The maximum Gasteiger partial charge on any atom is 0.222 e. The second kappa shape index (κ2) is 9.43. The lowest BCUT2D eigenvalue weighted by Gasteiger charge is -2.09. The van der Waals surface area contributed by atoms with Crippen molar-refractivity contribution < 1.29 is 9.53 Å². The Morgan fingerprint density at radius 1 is 0.889 bits per heavy atom. The van der Waals surface area contributed by atoms with Crippen LogP contribution in [0.25, 0.3) is 0 Å². The predicted octanol–water partition coefficient (Wildman–Crippen LogP) is 4.91. The van der Waals surface area contributed by atoms with E-state index in [1.165, 1.54) is 5.56 Å². The number of para-hydroxylation sites is 1. The highest BCUT2D eigenvalue weighted by molar-refractivity contribution is 5.76. The number of amides is 1. The molecule has 2 N–H and O–H groups in total. The van der Waals surface area contributed by atoms with Crippen molar-refractivity contribution in [2.45, 2.75) is 19.9 Å². The maximum absolute atomic E-state index is 12.0. The van der Waals surface area contributed by atoms with E-state index in [2.05, 4.69) is 16.7 Å². The van der Waals surface area contributed by atoms with Gasteiger partial charge in [-0.05, 0) is 48.9 Å². The molecule has 0 saturated carbocycles. The van der Waals surface area contributed by atoms with Gasteiger partial charge in [0.1, 0.15) is 11.5 Å². The molecule has 0 spiro atoms. The van der Waals surface area contributed by atoms with Crippen LogP contribution in [0.5, 0.6) is 11.5 Å². The highest BCUT2D eigenvalue weighted by atomic mass is 16.5. The number of nitrogens with one attached hydrogen (secondary N) is 2. The number of hydrogen-bond acceptors (Lipinski definition) is 3. The van der Waals surface area contributed by atoms with E-state index in [9.17, 15) is 4.79 Å². The molecule has 0 saturated heterocycles. The minimum absolute atomic E-state index is 0.0352. The monoisotopic (exact) mass is 360 g/mol. The van der Waals surface area contributed by atoms with E-state index < -0.39 is 0 Å². The standard InChI is InChI=1S/C23H24N2O2/c1-18-6-5-7-19(16-18)17-25-23(26)14-15-24-20-10-12-22(13-11-20)27-21-8-3-2-4-9-21/h2-13,16,24H,14-15,17H2,1H3,(H,25,26). The van der Waals surface area contributed by atoms with Gasteiger partial charge in [-0.15, -0.1) is 0 Å². The molecule has 3 aromatic carbocycles. The van der Waals surface area contributed by atoms with Gasteiger partial charge < -0.3 is 15.4 Å². The Kier molecular flexibility index (Phi) is 6.47. The highest BCUT2D eigenvalue weighted by Crippen LogP contribution is 2.22. The largest absolute Gasteiger partial charge is 0.457 e. The summed E-state index contributed by atoms with van der Waals surface area (Å²) in [5.41, 5.74) is 3.27. The molecular formula is C23H24N2O2. The Balaban J connectivity index is 1.39. The van der Waals surface area contributed by atoms with Crippen molar-refractivity contribution in [3.05, 3.63) is 90.0 Å². The van der Waals surface area contributed by atoms with Gasteiger partial charge in [0.2, 0.25) is 5.91 Å². The number of rotatable bonds is 8. The molecule has 3 rings (SSSR count). The van der Waals surface area contributed by atoms with Crippen molar-refractivity contribution in [3.8, 4) is 11.5 Å². The Bertz CT molecular complexity index is 861. The van der Waals surface area contributed by atoms with Crippen molar-refractivity contribution in [1.29, 1.82) is 0 Å². The van der Waals surface area contributed by atoms with E-state index in [-0.39, 0.29) is 5.91 Å². The molecule has 0 bridgehead atoms. The van der Waals surface area contributed by atoms with E-state index in [1.54, 1.807) is 0 Å². The maximum atomic E-state index is 12.0. The van der Waals surface area contributed by atoms with Crippen LogP contribution in [0.2, 0.25) is 0 Å². The predicted molar refractivity (Wildman–Crippen MR) is 109 cm³/mol. The van der Waals surface area contributed by atoms with Crippen LogP contribution in [0.1, 0.15) is 17.5 Å². The average Bonchev–Trinajstić information content (AvgIpc) is 2.69. The van der Waals surface area contributed by atoms with Crippen molar-refractivity contribution in [2.75, 3.05) is 11.9 Å². The van der Waals surface area contributed by atoms with Gasteiger partial charge in [-0.2, -0.15) is 0 Å². The molecule has 4 heteroatoms. The number of anilines is 1. The first kappa shape index (κ1) is 18.5. The smallest absolute Gasteiger partial charge is 0.222 e. The fourth-order valence-corrected chi connectivity index (χ4v) is 2.70. The molecule has 27 heavy (non-hydrogen) atoms. The number of benzene rings is 3. The van der Waals surface area contributed by atoms with Gasteiger partial charge in [0.05, 0.1) is 0 Å². The van der Waals surface area contributed by atoms with Gasteiger partial charge in [0.25, 0.3) is 0 Å². The molecule has 4 nitrogen and oxygen atoms in total. The lowest BCUT2D eigenvalue weighted by atomic mass is 10.1. The van der Waals surface area contributed by atoms with E-state index >= 15 is 0 Å². The van der Waals surface area contributed by atoms with E-state index in [4.69, 9.17) is 4.74 Å². The summed E-state index contributed by atoms with van der Waals surface area (Å²) in [5, 5.41) is 6.21. The average molecular weight is 360 g/mol. The lowest BCUT2D eigenvalue weighted by Crippen LogP contribution is -2.24. The Morgan fingerprint density at radius 2 is 1.63 bits per heavy atom. The Morgan fingerprint density at radius 3 is 2.37 bits per heavy atom. The normalized spacial score (nSPS) is 10.3. The molecule has 0 unspecified atom stereocenters. The third-order valence-corrected chi connectivity index (χ3v) is 4.09. The van der Waals surface area contributed by atoms with Gasteiger partial charge in [-0.3, -0.25) is 4.79 Å². The molecule has 0 aromatic heterocycles. The molecule has 0 aliphatic carbocycles. The molecule has 0 fully saturated rings. The summed E-state index contributed by atoms with van der Waals surface area (Å²) in [6.45, 7) is 3.19. The van der Waals surface area contributed by atoms with Crippen LogP contribution < -0.4 is 15.4 Å². The SMILES string of the molecule is Cc1cccc(CNC(=O)CCNc2ccc(Oc3ccccc3)cc2)c1. The quantitative estimate of drug-likeness (QED) is 0.600. The number of hydrogen-bond donors (Lipinski definition) is 2. The third-order valence-electron chi connectivity index (χ3n) is 4.09. The minimum Gasteiger partial charge on any atom is -0.457 e. The van der Waals surface area contributed by atoms with Gasteiger partial charge >= 0.3 is 0 Å². The topological polar surface area (TPSA) is 50.4 Å². The van der Waals surface area contributed by atoms with E-state index in [0.29, 0.717) is 19.5 Å². The van der Waals surface area contributed by atoms with Crippen molar-refractivity contribution in [1.82, 2.24) is 5.32 Å². The summed E-state index contributed by atoms with van der Waals surface area (Å²) in [6.07, 6.45) is 0.425. The molecule has 0 heterocycles. The second-order valence-electron chi connectivity index (χ2n) is 6.38. The summed E-state index contributed by atoms with van der Waals surface area (Å²) < 4.78 is 5.77. The third kappa shape index (κ3) is 6.19. The highest BCUT2D eigenvalue weighted by Gasteiger charge is 2.02. The van der Waals surface area contributed by atoms with E-state index in [1.807, 2.05) is 79.7 Å². The molecular weight excluding hydrogens is 336 g/mol. The van der Waals surface area contributed by atoms with Gasteiger partial charge in [-0.1, -0.05) is 48.0 Å². The molecule has 0 aliphatic rings. The zero-order valence-electron chi connectivity index (χ0n) is 15.4. The minimum atomic E-state index is 0.0352. The Labute approximate surface area is 160 Å². The molecule has 1 amide bonds. The zero-order valence-corrected chi connectivity index (χ0v) is 15.4. The van der Waals surface area contributed by atoms with Crippen LogP contribution in [-0.2, 0) is 11.3 Å². The van der Waals surface area contributed by atoms with Crippen LogP contribution >= 0.6 is 0 Å². The summed E-state index contributed by atoms with van der Waals surface area (Å²) in [6, 6.07) is 25.5. The van der Waals surface area contributed by atoms with Gasteiger partial charge in [-0.25, -0.2) is 0 Å². The number of aryl methyl sites for hydroxylation is 1. The van der Waals surface area contributed by atoms with E-state index in [0.717, 1.165) is 22.7 Å². The fraction of sp³-hybridized carbons (Fsp3) is 0.174. The van der Waals surface area contributed by atoms with Crippen molar-refractivity contribution >= 4 is 11.6 Å². The second-order valence-corrected chi connectivity index (χ2v) is 6.38. The van der Waals surface area contributed by atoms with Crippen LogP contribution in [0, 0.1) is 6.92 Å². The number of carbonyl (C=O) groups excluding carboxylic acids is 1. The summed E-state index contributed by atoms with van der Waals surface area (Å²) in [5.74, 6) is 1.62. The number of ether oxygens (including phenoxy) is 1. The lowest BCUT2D eigenvalue weighted by molar-refractivity contribution is -0.121. The summed E-state index contributed by atoms with van der Waals surface area (Å²) in [7, 11) is 0. The van der Waals surface area contributed by atoms with Crippen LogP contribution in [-0.4, -0.2) is 12.5 Å². The summed E-state index contributed by atoms with van der Waals surface area (Å²) in [4.78, 5) is 12.0. The first-order valence-corrected chi connectivity index (χ1v) is 9.08. The first-order valence-electron chi connectivity index (χ1n) is 9.08. The van der Waals surface area contributed by atoms with Crippen LogP contribution in [0.4, 0.5) is 5.69 Å². The Hall–Kier alpha value is -3.27. The molecule has 0 aliphatic heterocycles. The summed E-state index contributed by atoms with van der Waals surface area (Å²) >= 11 is 0. The molecule has 138 valence electrons. The molecule has 0 radical (unpaired) electrons. The number of carbonyl (C=O) groups is 1. The van der Waals surface area contributed by atoms with Crippen molar-refractivity contribution in [2.24, 2.45) is 0 Å². The molecule has 3 aromatic rings. The van der Waals surface area contributed by atoms with Gasteiger partial charge in [0, 0.05) is 25.2 Å². The first-order chi connectivity index (χ1) is 13.2. The fourth-order valence-electron chi connectivity index (χ4n) is 2.70.